The van der Waals surface area contributed by atoms with Gasteiger partial charge in [0.25, 0.3) is 0 Å². The van der Waals surface area contributed by atoms with Crippen LogP contribution in [0.15, 0.2) is 40.9 Å². The third-order valence-electron chi connectivity index (χ3n) is 2.45. The molecule has 0 aromatic heterocycles. The first-order chi connectivity index (χ1) is 9.47. The number of hydrogen-bond acceptors (Lipinski definition) is 4. The highest BCUT2D eigenvalue weighted by molar-refractivity contribution is 9.10. The van der Waals surface area contributed by atoms with Gasteiger partial charge in [-0.15, -0.1) is 0 Å². The highest BCUT2D eigenvalue weighted by Crippen LogP contribution is 2.37. The van der Waals surface area contributed by atoms with Crippen LogP contribution in [-0.2, 0) is 0 Å². The number of anilines is 2. The van der Waals surface area contributed by atoms with Crippen molar-refractivity contribution >= 4 is 33.3 Å². The fourth-order valence-electron chi connectivity index (χ4n) is 1.52. The topological polar surface area (TPSA) is 102 Å². The predicted molar refractivity (Wildman–Crippen MR) is 78.2 cm³/mol. The van der Waals surface area contributed by atoms with Crippen molar-refractivity contribution in [1.82, 2.24) is 0 Å². The maximum absolute atomic E-state index is 11.8. The van der Waals surface area contributed by atoms with Gasteiger partial charge < -0.3 is 26.0 Å². The summed E-state index contributed by atoms with van der Waals surface area (Å²) in [5, 5.41) is 32.9. The smallest absolute Gasteiger partial charge is 0.323 e. The van der Waals surface area contributed by atoms with Crippen molar-refractivity contribution in [1.29, 1.82) is 0 Å². The van der Waals surface area contributed by atoms with Crippen molar-refractivity contribution in [2.75, 3.05) is 10.6 Å². The average molecular weight is 339 g/mol. The van der Waals surface area contributed by atoms with Gasteiger partial charge in [-0.05, 0) is 28.1 Å². The third-order valence-corrected chi connectivity index (χ3v) is 3.14. The van der Waals surface area contributed by atoms with E-state index in [1.54, 1.807) is 18.2 Å². The highest BCUT2D eigenvalue weighted by Gasteiger charge is 2.10. The van der Waals surface area contributed by atoms with E-state index in [4.69, 9.17) is 0 Å². The minimum absolute atomic E-state index is 0.141. The monoisotopic (exact) mass is 338 g/mol. The van der Waals surface area contributed by atoms with E-state index in [1.807, 2.05) is 6.07 Å². The Hall–Kier alpha value is -2.41. The summed E-state index contributed by atoms with van der Waals surface area (Å²) in [6.45, 7) is 0. The van der Waals surface area contributed by atoms with Gasteiger partial charge >= 0.3 is 6.03 Å². The molecule has 0 bridgehead atoms. The van der Waals surface area contributed by atoms with Gasteiger partial charge in [0, 0.05) is 16.6 Å². The first-order valence-corrected chi connectivity index (χ1v) is 6.34. The second-order valence-corrected chi connectivity index (χ2v) is 4.78. The zero-order chi connectivity index (χ0) is 14.7. The van der Waals surface area contributed by atoms with E-state index >= 15 is 0 Å². The number of para-hydroxylation sites is 1. The zero-order valence-corrected chi connectivity index (χ0v) is 11.7. The molecule has 0 heterocycles. The number of aromatic hydroxyl groups is 3. The number of halogens is 1. The number of hydrogen-bond donors (Lipinski definition) is 5. The zero-order valence-electron chi connectivity index (χ0n) is 10.1. The lowest BCUT2D eigenvalue weighted by Gasteiger charge is -2.10. The number of urea groups is 1. The molecule has 5 N–H and O–H groups in total. The van der Waals surface area contributed by atoms with E-state index in [2.05, 4.69) is 26.6 Å². The number of benzene rings is 2. The molecular weight excluding hydrogens is 328 g/mol. The minimum atomic E-state index is -0.637. The van der Waals surface area contributed by atoms with Crippen LogP contribution < -0.4 is 10.6 Å². The Labute approximate surface area is 122 Å². The van der Waals surface area contributed by atoms with Crippen LogP contribution in [-0.4, -0.2) is 21.4 Å². The molecule has 0 atom stereocenters. The van der Waals surface area contributed by atoms with Gasteiger partial charge in [0.15, 0.2) is 17.2 Å². The van der Waals surface area contributed by atoms with Crippen LogP contribution in [0.5, 0.6) is 17.2 Å². The summed E-state index contributed by atoms with van der Waals surface area (Å²) in [5.74, 6) is -1.69. The Balaban J connectivity index is 2.11. The predicted octanol–water partition coefficient (Wildman–Crippen LogP) is 3.21. The summed E-state index contributed by atoms with van der Waals surface area (Å²) >= 11 is 3.29. The van der Waals surface area contributed by atoms with Gasteiger partial charge in [-0.25, -0.2) is 4.79 Å². The molecule has 2 aromatic carbocycles. The van der Waals surface area contributed by atoms with Gasteiger partial charge in [-0.2, -0.15) is 0 Å². The van der Waals surface area contributed by atoms with E-state index in [0.717, 1.165) is 12.1 Å². The van der Waals surface area contributed by atoms with Gasteiger partial charge in [0.05, 0.1) is 11.4 Å². The molecule has 0 aliphatic heterocycles. The molecule has 0 radical (unpaired) electrons. The molecule has 0 spiro atoms. The molecular formula is C13H11BrN2O4. The van der Waals surface area contributed by atoms with Gasteiger partial charge in [0.1, 0.15) is 0 Å². The van der Waals surface area contributed by atoms with Crippen LogP contribution in [0.3, 0.4) is 0 Å². The Morgan fingerprint density at radius 3 is 2.20 bits per heavy atom. The van der Waals surface area contributed by atoms with Crippen LogP contribution in [0.1, 0.15) is 0 Å². The summed E-state index contributed by atoms with van der Waals surface area (Å²) < 4.78 is 0.714. The maximum atomic E-state index is 11.8. The Morgan fingerprint density at radius 1 is 1.00 bits per heavy atom. The van der Waals surface area contributed by atoms with Crippen molar-refractivity contribution in [2.45, 2.75) is 0 Å². The number of rotatable bonds is 2. The largest absolute Gasteiger partial charge is 0.504 e. The van der Waals surface area contributed by atoms with Crippen molar-refractivity contribution in [3.63, 3.8) is 0 Å². The third kappa shape index (κ3) is 3.12. The lowest BCUT2D eigenvalue weighted by molar-refractivity contribution is 0.262. The van der Waals surface area contributed by atoms with Crippen LogP contribution in [0.4, 0.5) is 16.2 Å². The van der Waals surface area contributed by atoms with Crippen molar-refractivity contribution in [2.24, 2.45) is 0 Å². The van der Waals surface area contributed by atoms with E-state index in [9.17, 15) is 20.1 Å². The summed E-state index contributed by atoms with van der Waals surface area (Å²) in [6, 6.07) is 8.73. The molecule has 6 nitrogen and oxygen atoms in total. The lowest BCUT2D eigenvalue weighted by Crippen LogP contribution is -2.19. The summed E-state index contributed by atoms with van der Waals surface area (Å²) in [5.41, 5.74) is 0.708. The van der Waals surface area contributed by atoms with Crippen LogP contribution in [0.25, 0.3) is 0 Å². The van der Waals surface area contributed by atoms with E-state index in [-0.39, 0.29) is 5.69 Å². The second-order valence-electron chi connectivity index (χ2n) is 3.92. The molecule has 0 unspecified atom stereocenters. The van der Waals surface area contributed by atoms with Crippen LogP contribution in [0.2, 0.25) is 0 Å². The van der Waals surface area contributed by atoms with E-state index in [0.29, 0.717) is 10.2 Å². The van der Waals surface area contributed by atoms with Crippen molar-refractivity contribution in [3.05, 3.63) is 40.9 Å². The molecule has 0 aliphatic rings. The Bertz CT molecular complexity index is 638. The summed E-state index contributed by atoms with van der Waals surface area (Å²) in [4.78, 5) is 11.8. The number of amides is 2. The quantitative estimate of drug-likeness (QED) is 0.428. The first kappa shape index (κ1) is 14.0. The molecule has 2 amide bonds. The molecule has 2 rings (SSSR count). The highest BCUT2D eigenvalue weighted by atomic mass is 79.9. The molecule has 2 aromatic rings. The SMILES string of the molecule is O=C(Nc1cc(O)c(O)c(O)c1)Nc1ccccc1Br. The second kappa shape index (κ2) is 5.70. The molecule has 0 aliphatic carbocycles. The van der Waals surface area contributed by atoms with Crippen LogP contribution in [0, 0.1) is 0 Å². The Morgan fingerprint density at radius 2 is 1.60 bits per heavy atom. The van der Waals surface area contributed by atoms with Crippen molar-refractivity contribution in [3.8, 4) is 17.2 Å². The van der Waals surface area contributed by atoms with Gasteiger partial charge in [-0.3, -0.25) is 0 Å². The number of carbonyl (C=O) groups is 1. The first-order valence-electron chi connectivity index (χ1n) is 5.55. The summed E-state index contributed by atoms with van der Waals surface area (Å²) in [7, 11) is 0. The van der Waals surface area contributed by atoms with Gasteiger partial charge in [0.2, 0.25) is 0 Å². The fraction of sp³-hybridized carbons (Fsp3) is 0. The number of phenolic OH excluding ortho intramolecular Hbond substituents is 3. The maximum Gasteiger partial charge on any atom is 0.323 e. The summed E-state index contributed by atoms with van der Waals surface area (Å²) in [6.07, 6.45) is 0. The number of nitrogens with one attached hydrogen (secondary N) is 2. The lowest BCUT2D eigenvalue weighted by atomic mass is 10.2. The molecule has 20 heavy (non-hydrogen) atoms. The normalized spacial score (nSPS) is 10.1. The van der Waals surface area contributed by atoms with E-state index in [1.165, 1.54) is 0 Å². The number of carbonyl (C=O) groups excluding carboxylic acids is 1. The van der Waals surface area contributed by atoms with Crippen molar-refractivity contribution < 1.29 is 20.1 Å². The number of phenols is 3. The standard InChI is InChI=1S/C13H11BrN2O4/c14-8-3-1-2-4-9(8)16-13(20)15-7-5-10(17)12(19)11(18)6-7/h1-6,17-19H,(H2,15,16,20). The van der Waals surface area contributed by atoms with Crippen LogP contribution >= 0.6 is 15.9 Å². The fourth-order valence-corrected chi connectivity index (χ4v) is 1.91. The minimum Gasteiger partial charge on any atom is -0.504 e. The van der Waals surface area contributed by atoms with Gasteiger partial charge in [-0.1, -0.05) is 12.1 Å². The molecule has 7 heteroatoms. The molecule has 0 saturated carbocycles. The Kier molecular flexibility index (Phi) is 3.99. The van der Waals surface area contributed by atoms with E-state index < -0.39 is 23.3 Å². The molecule has 104 valence electrons. The molecule has 0 fully saturated rings. The molecule has 0 saturated heterocycles. The average Bonchev–Trinajstić information content (AvgIpc) is 2.38.